The molecular formula is C41H40N12O7. The molecule has 2 aromatic heterocycles. The normalized spacial score (nSPS) is 12.8. The molecule has 306 valence electrons. The van der Waals surface area contributed by atoms with Gasteiger partial charge in [0.15, 0.2) is 23.1 Å². The molecule has 1 aliphatic carbocycles. The number of amides is 3. The molecule has 3 amide bonds. The zero-order valence-electron chi connectivity index (χ0n) is 32.2. The number of nitrogens with zero attached hydrogens (tertiary/aromatic N) is 6. The van der Waals surface area contributed by atoms with Crippen molar-refractivity contribution in [3.63, 3.8) is 0 Å². The van der Waals surface area contributed by atoms with Gasteiger partial charge >= 0.3 is 11.9 Å². The second-order valence-corrected chi connectivity index (χ2v) is 13.4. The van der Waals surface area contributed by atoms with Crippen LogP contribution >= 0.6 is 0 Å². The van der Waals surface area contributed by atoms with Crippen molar-refractivity contribution in [3.05, 3.63) is 108 Å². The van der Waals surface area contributed by atoms with Crippen molar-refractivity contribution >= 4 is 75.7 Å². The number of nitrogens with one attached hydrogen (secondary N) is 3. The number of rotatable bonds is 16. The number of esters is 2. The number of hydrogen-bond acceptors (Lipinski definition) is 16. The largest absolute Gasteiger partial charge is 0.424 e. The summed E-state index contributed by atoms with van der Waals surface area (Å²) in [5.41, 5.74) is 19.4. The van der Waals surface area contributed by atoms with Crippen LogP contribution in [0.25, 0.3) is 0 Å². The van der Waals surface area contributed by atoms with E-state index >= 15 is 0 Å². The van der Waals surface area contributed by atoms with Crippen molar-refractivity contribution in [1.29, 1.82) is 0 Å². The Bertz CT molecular complexity index is 2470. The summed E-state index contributed by atoms with van der Waals surface area (Å²) < 4.78 is 11.4. The molecule has 1 unspecified atom stereocenters. The van der Waals surface area contributed by atoms with E-state index < -0.39 is 29.6 Å². The van der Waals surface area contributed by atoms with E-state index in [2.05, 4.69) is 46.4 Å². The number of carbonyl (C=O) groups is 5. The molecule has 0 spiro atoms. The first kappa shape index (κ1) is 41.7. The predicted molar refractivity (Wildman–Crippen MR) is 220 cm³/mol. The maximum Gasteiger partial charge on any atom is 0.314 e. The number of nitrogens with two attached hydrogens (primary N) is 3. The lowest BCUT2D eigenvalue weighted by Crippen LogP contribution is -2.33. The Morgan fingerprint density at radius 1 is 0.700 bits per heavy atom. The minimum absolute atomic E-state index is 0.0138. The Hall–Kier alpha value is -7.93. The number of carbonyl (C=O) groups excluding carboxylic acids is 5. The summed E-state index contributed by atoms with van der Waals surface area (Å²) in [4.78, 5) is 70.5. The van der Waals surface area contributed by atoms with E-state index in [-0.39, 0.29) is 88.9 Å². The fourth-order valence-electron chi connectivity index (χ4n) is 5.33. The number of pyridine rings is 2. The van der Waals surface area contributed by atoms with E-state index in [1.54, 1.807) is 79.7 Å². The second kappa shape index (κ2) is 19.5. The number of anilines is 4. The van der Waals surface area contributed by atoms with Crippen LogP contribution in [0.3, 0.4) is 0 Å². The first-order valence-electron chi connectivity index (χ1n) is 18.6. The fourth-order valence-corrected chi connectivity index (χ4v) is 5.33. The number of para-hydroxylation sites is 1. The van der Waals surface area contributed by atoms with Crippen molar-refractivity contribution in [3.8, 4) is 11.5 Å². The molecule has 2 heterocycles. The summed E-state index contributed by atoms with van der Waals surface area (Å²) in [5, 5.41) is 24.5. The third kappa shape index (κ3) is 11.6. The minimum atomic E-state index is -0.662. The SMILES string of the molecule is CC(Cc1ccc(OC(=O)C2CC2)c(/N=N/c2ccc(NC(=O)CN)nc2N)c1)C(=O)Oc1ccccc1/N=N/c1ccc(NC(=O)CNC(=O)c2ccccc2)nc1N. The molecule has 60 heavy (non-hydrogen) atoms. The monoisotopic (exact) mass is 812 g/mol. The number of benzene rings is 3. The Balaban J connectivity index is 1.09. The van der Waals surface area contributed by atoms with Gasteiger partial charge in [-0.25, -0.2) is 9.97 Å². The van der Waals surface area contributed by atoms with E-state index in [1.807, 2.05) is 0 Å². The molecule has 1 saturated carbocycles. The molecule has 1 aliphatic rings. The van der Waals surface area contributed by atoms with E-state index in [4.69, 9.17) is 26.7 Å². The van der Waals surface area contributed by atoms with Crippen LogP contribution in [0, 0.1) is 11.8 Å². The smallest absolute Gasteiger partial charge is 0.314 e. The quantitative estimate of drug-likeness (QED) is 0.0389. The van der Waals surface area contributed by atoms with E-state index in [0.717, 1.165) is 12.8 Å². The van der Waals surface area contributed by atoms with Gasteiger partial charge in [-0.2, -0.15) is 0 Å². The summed E-state index contributed by atoms with van der Waals surface area (Å²) in [6.07, 6.45) is 1.70. The van der Waals surface area contributed by atoms with Crippen LogP contribution in [0.1, 0.15) is 35.7 Å². The number of azo groups is 2. The van der Waals surface area contributed by atoms with Crippen molar-refractivity contribution in [1.82, 2.24) is 15.3 Å². The number of hydrogen-bond donors (Lipinski definition) is 6. The Kier molecular flexibility index (Phi) is 13.5. The molecular weight excluding hydrogens is 773 g/mol. The van der Waals surface area contributed by atoms with Crippen LogP contribution in [-0.4, -0.2) is 52.7 Å². The maximum absolute atomic E-state index is 13.4. The third-order valence-corrected chi connectivity index (χ3v) is 8.67. The highest BCUT2D eigenvalue weighted by Gasteiger charge is 2.32. The first-order chi connectivity index (χ1) is 28.9. The molecule has 0 saturated heterocycles. The summed E-state index contributed by atoms with van der Waals surface area (Å²) in [7, 11) is 0. The molecule has 6 rings (SSSR count). The topological polar surface area (TPSA) is 293 Å². The van der Waals surface area contributed by atoms with Crippen molar-refractivity contribution in [2.75, 3.05) is 35.2 Å². The molecule has 1 atom stereocenters. The highest BCUT2D eigenvalue weighted by Crippen LogP contribution is 2.37. The van der Waals surface area contributed by atoms with Gasteiger partial charge in [-0.1, -0.05) is 43.3 Å². The average molecular weight is 813 g/mol. The lowest BCUT2D eigenvalue weighted by atomic mass is 10.0. The molecule has 19 heteroatoms. The fraction of sp³-hybridized carbons (Fsp3) is 0.195. The molecule has 9 N–H and O–H groups in total. The minimum Gasteiger partial charge on any atom is -0.424 e. The van der Waals surface area contributed by atoms with Gasteiger partial charge in [0.05, 0.1) is 24.9 Å². The lowest BCUT2D eigenvalue weighted by molar-refractivity contribution is -0.138. The summed E-state index contributed by atoms with van der Waals surface area (Å²) >= 11 is 0. The van der Waals surface area contributed by atoms with Gasteiger partial charge in [0.25, 0.3) is 5.91 Å². The van der Waals surface area contributed by atoms with Gasteiger partial charge in [0.2, 0.25) is 11.8 Å². The molecule has 0 radical (unpaired) electrons. The average Bonchev–Trinajstić information content (AvgIpc) is 4.10. The summed E-state index contributed by atoms with van der Waals surface area (Å²) in [5.74, 6) is -2.54. The molecule has 5 aromatic rings. The Morgan fingerprint density at radius 3 is 1.92 bits per heavy atom. The van der Waals surface area contributed by atoms with Crippen LogP contribution in [0.2, 0.25) is 0 Å². The van der Waals surface area contributed by atoms with E-state index in [0.29, 0.717) is 11.1 Å². The maximum atomic E-state index is 13.4. The summed E-state index contributed by atoms with van der Waals surface area (Å²) in [6.45, 7) is 1.18. The highest BCUT2D eigenvalue weighted by atomic mass is 16.5. The molecule has 1 fully saturated rings. The lowest BCUT2D eigenvalue weighted by Gasteiger charge is -2.14. The number of nitrogen functional groups attached to an aromatic ring is 2. The van der Waals surface area contributed by atoms with Gasteiger partial charge in [-0.3, -0.25) is 24.0 Å². The number of ether oxygens (including phenoxy) is 2. The van der Waals surface area contributed by atoms with Gasteiger partial charge in [-0.05, 0) is 85.5 Å². The number of aromatic nitrogens is 2. The highest BCUT2D eigenvalue weighted by molar-refractivity contribution is 5.99. The molecule has 0 bridgehead atoms. The van der Waals surface area contributed by atoms with Crippen LogP contribution in [-0.2, 0) is 25.6 Å². The van der Waals surface area contributed by atoms with Crippen LogP contribution < -0.4 is 42.6 Å². The van der Waals surface area contributed by atoms with Crippen molar-refractivity contribution in [2.45, 2.75) is 26.2 Å². The molecule has 3 aromatic carbocycles. The van der Waals surface area contributed by atoms with Crippen LogP contribution in [0.15, 0.2) is 118 Å². The Morgan fingerprint density at radius 2 is 1.28 bits per heavy atom. The first-order valence-corrected chi connectivity index (χ1v) is 18.6. The standard InChI is InChI=1S/C41H40N12O7/c1-23(19-24-11-16-32(60-41(58)26-12-13-26)30(20-24)53-52-29-14-17-33(48-38(29)44)46-35(54)21-42)40(57)59-31-10-6-5-9-27(31)50-51-28-15-18-34(49-37(28)43)47-36(55)22-45-39(56)25-7-3-2-4-8-25/h2-11,14-18,20,23,26H,12-13,19,21-22,42H2,1H3,(H,45,56)(H3,43,47,49,55)(H3,44,46,48,54)/b51-50+,53-52+. The van der Waals surface area contributed by atoms with Crippen molar-refractivity contribution < 1.29 is 33.4 Å². The van der Waals surface area contributed by atoms with Gasteiger partial charge in [-0.15, -0.1) is 20.5 Å². The van der Waals surface area contributed by atoms with Gasteiger partial charge in [0, 0.05) is 5.56 Å². The predicted octanol–water partition coefficient (Wildman–Crippen LogP) is 5.84. The zero-order valence-corrected chi connectivity index (χ0v) is 32.2. The van der Waals surface area contributed by atoms with Gasteiger partial charge in [0.1, 0.15) is 34.4 Å². The van der Waals surface area contributed by atoms with Crippen LogP contribution in [0.4, 0.5) is 46.0 Å². The second-order valence-electron chi connectivity index (χ2n) is 13.4. The molecule has 0 aliphatic heterocycles. The van der Waals surface area contributed by atoms with Gasteiger partial charge < -0.3 is 42.6 Å². The Labute approximate surface area is 342 Å². The summed E-state index contributed by atoms with van der Waals surface area (Å²) in [6, 6.07) is 25.9. The van der Waals surface area contributed by atoms with E-state index in [9.17, 15) is 24.0 Å². The van der Waals surface area contributed by atoms with E-state index in [1.165, 1.54) is 24.3 Å². The van der Waals surface area contributed by atoms with Crippen LogP contribution in [0.5, 0.6) is 11.5 Å². The third-order valence-electron chi connectivity index (χ3n) is 8.67. The molecule has 19 nitrogen and oxygen atoms in total. The van der Waals surface area contributed by atoms with Crippen molar-refractivity contribution in [2.24, 2.45) is 38.0 Å². The zero-order chi connectivity index (χ0) is 42.6.